The molecule has 0 saturated heterocycles. The molecule has 0 heterocycles. The van der Waals surface area contributed by atoms with Crippen molar-refractivity contribution in [1.82, 2.24) is 5.32 Å². The van der Waals surface area contributed by atoms with Gasteiger partial charge < -0.3 is 14.8 Å². The summed E-state index contributed by atoms with van der Waals surface area (Å²) < 4.78 is 4.75. The number of hydrogen-bond acceptors (Lipinski definition) is 3. The average molecular weight is 169 g/mol. The predicted molar refractivity (Wildman–Crippen MR) is 44.1 cm³/mol. The van der Waals surface area contributed by atoms with Crippen molar-refractivity contribution in [2.75, 3.05) is 6.54 Å². The molecule has 66 valence electrons. The molecular formula is C8H11NO3. The van der Waals surface area contributed by atoms with Crippen LogP contribution in [0.3, 0.4) is 0 Å². The molecule has 0 bridgehead atoms. The lowest BCUT2D eigenvalue weighted by Gasteiger charge is -2.03. The second-order valence-corrected chi connectivity index (χ2v) is 1.81. The van der Waals surface area contributed by atoms with E-state index in [2.05, 4.69) is 11.9 Å². The van der Waals surface area contributed by atoms with Crippen LogP contribution in [0.1, 0.15) is 6.92 Å². The van der Waals surface area contributed by atoms with Gasteiger partial charge in [-0.1, -0.05) is 6.58 Å². The van der Waals surface area contributed by atoms with Gasteiger partial charge in [0, 0.05) is 0 Å². The van der Waals surface area contributed by atoms with Gasteiger partial charge in [0.1, 0.15) is 6.29 Å². The molecule has 0 spiro atoms. The minimum absolute atomic E-state index is 0.0172. The molecule has 0 aliphatic heterocycles. The Hall–Kier alpha value is -1.58. The minimum Gasteiger partial charge on any atom is -0.460 e. The van der Waals surface area contributed by atoms with Crippen molar-refractivity contribution < 1.29 is 14.3 Å². The van der Waals surface area contributed by atoms with Crippen molar-refractivity contribution in [3.8, 4) is 0 Å². The van der Waals surface area contributed by atoms with Gasteiger partial charge in [0.15, 0.2) is 5.76 Å². The highest BCUT2D eigenvalue weighted by Gasteiger charge is 2.06. The molecule has 0 aliphatic rings. The first-order valence-electron chi connectivity index (χ1n) is 3.42. The lowest BCUT2D eigenvalue weighted by molar-refractivity contribution is -0.121. The van der Waals surface area contributed by atoms with E-state index in [1.165, 1.54) is 6.08 Å². The fourth-order valence-corrected chi connectivity index (χ4v) is 0.564. The van der Waals surface area contributed by atoms with E-state index >= 15 is 0 Å². The van der Waals surface area contributed by atoms with Crippen LogP contribution in [0.5, 0.6) is 0 Å². The number of aldehydes is 1. The monoisotopic (exact) mass is 169 g/mol. The molecule has 0 radical (unpaired) electrons. The first kappa shape index (κ1) is 10.4. The zero-order chi connectivity index (χ0) is 9.40. The summed E-state index contributed by atoms with van der Waals surface area (Å²) in [6.45, 7) is 4.93. The maximum atomic E-state index is 11.0. The number of allylic oxidation sites excluding steroid dienone is 1. The number of carbonyl (C=O) groups excluding carboxylic acids is 2. The van der Waals surface area contributed by atoms with Crippen LogP contribution in [0.2, 0.25) is 0 Å². The Morgan fingerprint density at radius 1 is 1.67 bits per heavy atom. The second-order valence-electron chi connectivity index (χ2n) is 1.81. The van der Waals surface area contributed by atoms with Crippen molar-refractivity contribution in [2.45, 2.75) is 6.92 Å². The zero-order valence-electron chi connectivity index (χ0n) is 6.87. The molecule has 12 heavy (non-hydrogen) atoms. The van der Waals surface area contributed by atoms with E-state index in [0.717, 1.165) is 6.26 Å². The number of nitrogens with one attached hydrogen (secondary N) is 1. The fourth-order valence-electron chi connectivity index (χ4n) is 0.564. The van der Waals surface area contributed by atoms with Gasteiger partial charge in [-0.2, -0.15) is 0 Å². The van der Waals surface area contributed by atoms with Crippen molar-refractivity contribution in [3.05, 3.63) is 24.7 Å². The Balaban J connectivity index is 4.03. The average Bonchev–Trinajstić information content (AvgIpc) is 2.10. The molecule has 0 aliphatic carbocycles. The highest BCUT2D eigenvalue weighted by atomic mass is 16.5. The van der Waals surface area contributed by atoms with Gasteiger partial charge in [0.05, 0.1) is 12.8 Å². The van der Waals surface area contributed by atoms with Gasteiger partial charge in [-0.25, -0.2) is 0 Å². The summed E-state index contributed by atoms with van der Waals surface area (Å²) in [5, 5.41) is 2.32. The Labute approximate surface area is 70.9 Å². The number of amides is 1. The summed E-state index contributed by atoms with van der Waals surface area (Å²) >= 11 is 0. The quantitative estimate of drug-likeness (QED) is 0.367. The second kappa shape index (κ2) is 6.15. The van der Waals surface area contributed by atoms with E-state index in [4.69, 9.17) is 4.74 Å². The van der Waals surface area contributed by atoms with Gasteiger partial charge in [-0.3, -0.25) is 4.79 Å². The molecule has 4 nitrogen and oxygen atoms in total. The van der Waals surface area contributed by atoms with Crippen LogP contribution in [0.25, 0.3) is 0 Å². The Morgan fingerprint density at radius 3 is 2.75 bits per heavy atom. The lowest BCUT2D eigenvalue weighted by Crippen LogP contribution is -2.27. The van der Waals surface area contributed by atoms with Crippen LogP contribution in [-0.4, -0.2) is 18.7 Å². The van der Waals surface area contributed by atoms with Gasteiger partial charge in [0.2, 0.25) is 0 Å². The molecule has 1 N–H and O–H groups in total. The van der Waals surface area contributed by atoms with Crippen LogP contribution < -0.4 is 5.32 Å². The number of rotatable bonds is 5. The largest absolute Gasteiger partial charge is 0.460 e. The molecule has 0 aromatic carbocycles. The molecular weight excluding hydrogens is 158 g/mol. The van der Waals surface area contributed by atoms with E-state index in [-0.39, 0.29) is 12.3 Å². The molecule has 0 fully saturated rings. The van der Waals surface area contributed by atoms with Gasteiger partial charge in [-0.15, -0.1) is 0 Å². The summed E-state index contributed by atoms with van der Waals surface area (Å²) in [6, 6.07) is 0. The van der Waals surface area contributed by atoms with Crippen LogP contribution in [0, 0.1) is 0 Å². The summed E-state index contributed by atoms with van der Waals surface area (Å²) in [4.78, 5) is 20.9. The molecule has 0 rings (SSSR count). The summed E-state index contributed by atoms with van der Waals surface area (Å²) in [5.74, 6) is -0.295. The number of carbonyl (C=O) groups is 2. The Bertz CT molecular complexity index is 208. The van der Waals surface area contributed by atoms with E-state index in [9.17, 15) is 9.59 Å². The third-order valence-electron chi connectivity index (χ3n) is 1.04. The predicted octanol–water partition coefficient (Wildman–Crippen LogP) is 0.365. The highest BCUT2D eigenvalue weighted by Crippen LogP contribution is 1.96. The fraction of sp³-hybridized carbons (Fsp3) is 0.250. The summed E-state index contributed by atoms with van der Waals surface area (Å²) in [5.41, 5.74) is 0. The maximum absolute atomic E-state index is 11.0. The first-order valence-corrected chi connectivity index (χ1v) is 3.42. The van der Waals surface area contributed by atoms with Gasteiger partial charge in [0.25, 0.3) is 5.91 Å². The molecule has 0 saturated carbocycles. The van der Waals surface area contributed by atoms with Crippen LogP contribution in [0.4, 0.5) is 0 Å². The topological polar surface area (TPSA) is 55.4 Å². The SMILES string of the molecule is C=CO/C(=C\C)C(=O)NCC=O. The van der Waals surface area contributed by atoms with Crippen LogP contribution >= 0.6 is 0 Å². The Morgan fingerprint density at radius 2 is 2.33 bits per heavy atom. The maximum Gasteiger partial charge on any atom is 0.286 e. The minimum atomic E-state index is -0.426. The summed E-state index contributed by atoms with van der Waals surface area (Å²) in [6.07, 6.45) is 3.23. The van der Waals surface area contributed by atoms with Gasteiger partial charge >= 0.3 is 0 Å². The van der Waals surface area contributed by atoms with E-state index in [1.54, 1.807) is 6.92 Å². The van der Waals surface area contributed by atoms with Crippen molar-refractivity contribution >= 4 is 12.2 Å². The van der Waals surface area contributed by atoms with E-state index < -0.39 is 5.91 Å². The first-order chi connectivity index (χ1) is 5.76. The normalized spacial score (nSPS) is 10.2. The van der Waals surface area contributed by atoms with Crippen molar-refractivity contribution in [1.29, 1.82) is 0 Å². The standard InChI is InChI=1S/C8H11NO3/c1-3-7(12-4-2)8(11)9-5-6-10/h3-4,6H,2,5H2,1H3,(H,9,11)/b7-3-. The zero-order valence-corrected chi connectivity index (χ0v) is 6.87. The van der Waals surface area contributed by atoms with Crippen molar-refractivity contribution in [2.24, 2.45) is 0 Å². The van der Waals surface area contributed by atoms with Crippen molar-refractivity contribution in [3.63, 3.8) is 0 Å². The lowest BCUT2D eigenvalue weighted by atomic mass is 10.4. The third kappa shape index (κ3) is 3.55. The number of hydrogen-bond donors (Lipinski definition) is 1. The highest BCUT2D eigenvalue weighted by molar-refractivity contribution is 5.92. The summed E-state index contributed by atoms with van der Waals surface area (Å²) in [7, 11) is 0. The molecule has 0 atom stereocenters. The van der Waals surface area contributed by atoms with Gasteiger partial charge in [-0.05, 0) is 13.0 Å². The van der Waals surface area contributed by atoms with E-state index in [1.807, 2.05) is 0 Å². The smallest absolute Gasteiger partial charge is 0.286 e. The number of ether oxygens (including phenoxy) is 1. The molecule has 0 unspecified atom stereocenters. The van der Waals surface area contributed by atoms with Crippen LogP contribution in [-0.2, 0) is 14.3 Å². The van der Waals surface area contributed by atoms with E-state index in [0.29, 0.717) is 6.29 Å². The van der Waals surface area contributed by atoms with Crippen LogP contribution in [0.15, 0.2) is 24.7 Å². The molecule has 0 aromatic heterocycles. The molecule has 4 heteroatoms. The third-order valence-corrected chi connectivity index (χ3v) is 1.04. The molecule has 1 amide bonds. The molecule has 0 aromatic rings. The Kier molecular flexibility index (Phi) is 5.34.